The van der Waals surface area contributed by atoms with Crippen LogP contribution in [-0.4, -0.2) is 17.9 Å². The van der Waals surface area contributed by atoms with Crippen molar-refractivity contribution in [1.29, 1.82) is 0 Å². The maximum Gasteiger partial charge on any atom is 0.431 e. The Bertz CT molecular complexity index is 73.7. The zero-order valence-corrected chi connectivity index (χ0v) is 4.68. The van der Waals surface area contributed by atoms with E-state index in [2.05, 4.69) is 4.74 Å². The quantitative estimate of drug-likeness (QED) is 0.411. The van der Waals surface area contributed by atoms with Crippen LogP contribution < -0.4 is 5.48 Å². The van der Waals surface area contributed by atoms with E-state index in [1.165, 1.54) is 5.48 Å². The molecule has 0 spiro atoms. The van der Waals surface area contributed by atoms with Crippen LogP contribution in [0, 0.1) is 0 Å². The summed E-state index contributed by atoms with van der Waals surface area (Å²) in [6.07, 6.45) is -0.0419. The summed E-state index contributed by atoms with van der Waals surface area (Å²) in [5.41, 5.74) is 1.34. The zero-order chi connectivity index (χ0) is 6.41. The van der Waals surface area contributed by atoms with Crippen molar-refractivity contribution in [2.75, 3.05) is 6.61 Å². The average Bonchev–Trinajstić information content (AvgIpc) is 1.83. The highest BCUT2D eigenvalue weighted by atomic mass is 16.6. The molecule has 0 atom stereocenters. The van der Waals surface area contributed by atoms with Crippen molar-refractivity contribution >= 4 is 6.09 Å². The fourth-order valence-electron chi connectivity index (χ4n) is 0.227. The molecule has 1 amide bonds. The summed E-state index contributed by atoms with van der Waals surface area (Å²) in [5, 5.41) is 7.84. The molecule has 2 N–H and O–H groups in total. The number of hydroxylamine groups is 1. The largest absolute Gasteiger partial charge is 0.448 e. The molecule has 0 saturated carbocycles. The van der Waals surface area contributed by atoms with Gasteiger partial charge in [-0.1, -0.05) is 6.92 Å². The van der Waals surface area contributed by atoms with E-state index in [1.807, 2.05) is 6.92 Å². The average molecular weight is 119 g/mol. The molecule has 0 unspecified atom stereocenters. The molecule has 0 saturated heterocycles. The van der Waals surface area contributed by atoms with Crippen LogP contribution in [0.15, 0.2) is 0 Å². The van der Waals surface area contributed by atoms with Crippen molar-refractivity contribution in [3.63, 3.8) is 0 Å². The molecular formula is C4H9NO3. The fourth-order valence-corrected chi connectivity index (χ4v) is 0.227. The first-order valence-electron chi connectivity index (χ1n) is 2.38. The molecular weight excluding hydrogens is 110 g/mol. The molecule has 0 aromatic carbocycles. The Morgan fingerprint density at radius 1 is 1.88 bits per heavy atom. The second-order valence-electron chi connectivity index (χ2n) is 1.25. The van der Waals surface area contributed by atoms with Crippen molar-refractivity contribution < 1.29 is 14.7 Å². The first kappa shape index (κ1) is 7.23. The second kappa shape index (κ2) is 4.39. The molecule has 0 radical (unpaired) electrons. The van der Waals surface area contributed by atoms with Gasteiger partial charge in [-0.05, 0) is 6.42 Å². The van der Waals surface area contributed by atoms with Gasteiger partial charge in [0.1, 0.15) is 0 Å². The second-order valence-corrected chi connectivity index (χ2v) is 1.25. The monoisotopic (exact) mass is 119 g/mol. The van der Waals surface area contributed by atoms with Crippen molar-refractivity contribution in [1.82, 2.24) is 5.48 Å². The minimum absolute atomic E-state index is 0.340. The third kappa shape index (κ3) is 3.42. The number of hydrogen-bond donors (Lipinski definition) is 2. The third-order valence-electron chi connectivity index (χ3n) is 0.529. The molecule has 0 rings (SSSR count). The summed E-state index contributed by atoms with van der Waals surface area (Å²) < 4.78 is 4.34. The lowest BCUT2D eigenvalue weighted by molar-refractivity contribution is 0.0892. The standard InChI is InChI=1S/C4H9NO3/c1-2-3-8-4(6)5-7/h7H,2-3H2,1H3,(H,5,6). The molecule has 0 aliphatic rings. The fraction of sp³-hybridized carbons (Fsp3) is 0.750. The lowest BCUT2D eigenvalue weighted by Crippen LogP contribution is -2.19. The molecule has 0 aliphatic heterocycles. The molecule has 48 valence electrons. The molecule has 0 bridgehead atoms. The highest BCUT2D eigenvalue weighted by molar-refractivity contribution is 5.65. The predicted molar refractivity (Wildman–Crippen MR) is 26.6 cm³/mol. The predicted octanol–water partition coefficient (Wildman–Crippen LogP) is 0.512. The number of nitrogens with one attached hydrogen (secondary N) is 1. The number of carbonyl (C=O) groups excluding carboxylic acids is 1. The van der Waals surface area contributed by atoms with Gasteiger partial charge in [0.05, 0.1) is 6.61 Å². The van der Waals surface area contributed by atoms with Gasteiger partial charge >= 0.3 is 6.09 Å². The van der Waals surface area contributed by atoms with Crippen LogP contribution in [0.5, 0.6) is 0 Å². The van der Waals surface area contributed by atoms with Crippen molar-refractivity contribution in [2.24, 2.45) is 0 Å². The SMILES string of the molecule is CCCOC(=O)NO. The molecule has 0 fully saturated rings. The molecule has 4 nitrogen and oxygen atoms in total. The van der Waals surface area contributed by atoms with Crippen LogP contribution in [0.4, 0.5) is 4.79 Å². The Morgan fingerprint density at radius 2 is 2.50 bits per heavy atom. The first-order valence-corrected chi connectivity index (χ1v) is 2.38. The van der Waals surface area contributed by atoms with E-state index in [0.29, 0.717) is 6.61 Å². The lowest BCUT2D eigenvalue weighted by Gasteiger charge is -1.97. The molecule has 0 heterocycles. The van der Waals surface area contributed by atoms with Gasteiger partial charge in [-0.25, -0.2) is 10.3 Å². The smallest absolute Gasteiger partial charge is 0.431 e. The van der Waals surface area contributed by atoms with E-state index in [4.69, 9.17) is 5.21 Å². The molecule has 8 heavy (non-hydrogen) atoms. The van der Waals surface area contributed by atoms with E-state index >= 15 is 0 Å². The third-order valence-corrected chi connectivity index (χ3v) is 0.529. The van der Waals surface area contributed by atoms with E-state index in [9.17, 15) is 4.79 Å². The summed E-state index contributed by atoms with van der Waals surface area (Å²) in [7, 11) is 0. The summed E-state index contributed by atoms with van der Waals surface area (Å²) in [5.74, 6) is 0. The highest BCUT2D eigenvalue weighted by Crippen LogP contribution is 1.78. The van der Waals surface area contributed by atoms with Gasteiger partial charge in [-0.15, -0.1) is 0 Å². The van der Waals surface area contributed by atoms with E-state index in [-0.39, 0.29) is 0 Å². The maximum absolute atomic E-state index is 9.99. The Balaban J connectivity index is 2.99. The van der Waals surface area contributed by atoms with Crippen LogP contribution in [-0.2, 0) is 4.74 Å². The minimum Gasteiger partial charge on any atom is -0.448 e. The van der Waals surface area contributed by atoms with Crippen LogP contribution in [0.25, 0.3) is 0 Å². The lowest BCUT2D eigenvalue weighted by atomic mass is 10.5. The van der Waals surface area contributed by atoms with E-state index in [0.717, 1.165) is 6.42 Å². The zero-order valence-electron chi connectivity index (χ0n) is 4.68. The summed E-state index contributed by atoms with van der Waals surface area (Å²) in [6.45, 7) is 2.21. The summed E-state index contributed by atoms with van der Waals surface area (Å²) in [4.78, 5) is 9.99. The number of amides is 1. The highest BCUT2D eigenvalue weighted by Gasteiger charge is 1.93. The van der Waals surface area contributed by atoms with Crippen molar-refractivity contribution in [2.45, 2.75) is 13.3 Å². The van der Waals surface area contributed by atoms with Gasteiger partial charge in [0.25, 0.3) is 0 Å². The normalized spacial score (nSPS) is 8.25. The Hall–Kier alpha value is -0.770. The minimum atomic E-state index is -0.799. The van der Waals surface area contributed by atoms with Crippen LogP contribution in [0.2, 0.25) is 0 Å². The van der Waals surface area contributed by atoms with Gasteiger partial charge in [0, 0.05) is 0 Å². The number of carbonyl (C=O) groups is 1. The molecule has 0 aliphatic carbocycles. The van der Waals surface area contributed by atoms with Crippen molar-refractivity contribution in [3.05, 3.63) is 0 Å². The van der Waals surface area contributed by atoms with Gasteiger partial charge in [-0.2, -0.15) is 0 Å². The summed E-state index contributed by atoms with van der Waals surface area (Å²) in [6, 6.07) is 0. The van der Waals surface area contributed by atoms with Gasteiger partial charge in [-0.3, -0.25) is 5.21 Å². The number of rotatable bonds is 2. The molecule has 0 aromatic rings. The van der Waals surface area contributed by atoms with Crippen molar-refractivity contribution in [3.8, 4) is 0 Å². The van der Waals surface area contributed by atoms with Gasteiger partial charge < -0.3 is 4.74 Å². The number of ether oxygens (including phenoxy) is 1. The Labute approximate surface area is 47.4 Å². The number of hydrogen-bond acceptors (Lipinski definition) is 3. The van der Waals surface area contributed by atoms with Gasteiger partial charge in [0.15, 0.2) is 0 Å². The molecule has 0 aromatic heterocycles. The van der Waals surface area contributed by atoms with Crippen LogP contribution in [0.1, 0.15) is 13.3 Å². The topological polar surface area (TPSA) is 58.6 Å². The van der Waals surface area contributed by atoms with Gasteiger partial charge in [0.2, 0.25) is 0 Å². The van der Waals surface area contributed by atoms with Crippen LogP contribution >= 0.6 is 0 Å². The maximum atomic E-state index is 9.99. The van der Waals surface area contributed by atoms with E-state index < -0.39 is 6.09 Å². The van der Waals surface area contributed by atoms with Crippen LogP contribution in [0.3, 0.4) is 0 Å². The Kier molecular flexibility index (Phi) is 3.97. The molecule has 4 heteroatoms. The van der Waals surface area contributed by atoms with E-state index in [1.54, 1.807) is 0 Å². The first-order chi connectivity index (χ1) is 3.81. The summed E-state index contributed by atoms with van der Waals surface area (Å²) >= 11 is 0. The Morgan fingerprint density at radius 3 is 2.88 bits per heavy atom.